The number of aromatic nitrogens is 1. The van der Waals surface area contributed by atoms with Gasteiger partial charge in [-0.05, 0) is 75.8 Å². The molecule has 2 amide bonds. The number of aliphatic hydroxyl groups is 1. The lowest BCUT2D eigenvalue weighted by atomic mass is 9.52. The minimum atomic E-state index is -0.512. The molecule has 4 aliphatic carbocycles. The molecule has 5 fully saturated rings. The number of carbonyl (C=O) groups is 3. The minimum Gasteiger partial charge on any atom is -0.390 e. The number of anilines is 1. The fourth-order valence-corrected chi connectivity index (χ4v) is 7.12. The Balaban J connectivity index is 1.21. The van der Waals surface area contributed by atoms with E-state index in [2.05, 4.69) is 22.1 Å². The fourth-order valence-electron chi connectivity index (χ4n) is 7.12. The molecule has 2 unspecified atom stereocenters. The van der Waals surface area contributed by atoms with E-state index in [9.17, 15) is 19.5 Å². The van der Waals surface area contributed by atoms with E-state index in [-0.39, 0.29) is 42.5 Å². The lowest BCUT2D eigenvalue weighted by Crippen LogP contribution is -2.61. The van der Waals surface area contributed by atoms with Crippen LogP contribution in [-0.4, -0.2) is 69.9 Å². The first-order valence-electron chi connectivity index (χ1n) is 12.7. The van der Waals surface area contributed by atoms with E-state index in [0.717, 1.165) is 37.9 Å². The van der Waals surface area contributed by atoms with Crippen LogP contribution in [0.4, 0.5) is 5.82 Å². The minimum absolute atomic E-state index is 0.0168. The molecule has 5 aliphatic rings. The summed E-state index contributed by atoms with van der Waals surface area (Å²) in [6, 6.07) is 5.73. The number of rotatable bonds is 6. The van der Waals surface area contributed by atoms with Crippen molar-refractivity contribution < 1.29 is 19.5 Å². The molecule has 1 aromatic heterocycles. The van der Waals surface area contributed by atoms with Crippen molar-refractivity contribution in [3.63, 3.8) is 0 Å². The number of pyridine rings is 1. The average Bonchev–Trinajstić information content (AvgIpc) is 2.78. The Morgan fingerprint density at radius 3 is 2.50 bits per heavy atom. The van der Waals surface area contributed by atoms with Crippen LogP contribution in [0.5, 0.6) is 0 Å². The Morgan fingerprint density at radius 1 is 1.12 bits per heavy atom. The van der Waals surface area contributed by atoms with Crippen molar-refractivity contribution in [1.82, 2.24) is 15.2 Å². The molecular weight excluding hydrogens is 432 g/mol. The number of Topliss-reactive ketones (excluding diaryl/α,β-unsaturated/α-hetero) is 1. The van der Waals surface area contributed by atoms with Gasteiger partial charge in [0.15, 0.2) is 0 Å². The topological polar surface area (TPSA) is 103 Å². The van der Waals surface area contributed by atoms with Crippen LogP contribution in [-0.2, 0) is 9.59 Å². The van der Waals surface area contributed by atoms with Crippen LogP contribution < -0.4 is 10.2 Å². The van der Waals surface area contributed by atoms with Crippen LogP contribution in [0.3, 0.4) is 0 Å². The number of hydrogen-bond donors (Lipinski definition) is 2. The van der Waals surface area contributed by atoms with Crippen LogP contribution in [0, 0.1) is 17.8 Å². The standard InChI is InChI=1S/C26H36N4O4/c1-16-15-29(23(32)7-6-17(2)31)8-9-30(16)22-5-3-4-21(27-22)25(33)28-24-19-10-18-11-20(24)14-26(34,12-18)13-19/h3-5,16,18-20,24,34H,6-15H2,1-2H3,(H,28,33)/t16-,18?,19?,20?,24?,26?/m1/s1. The van der Waals surface area contributed by atoms with E-state index in [4.69, 9.17) is 0 Å². The second-order valence-corrected chi connectivity index (χ2v) is 11.2. The predicted molar refractivity (Wildman–Crippen MR) is 127 cm³/mol. The number of nitrogens with one attached hydrogen (secondary N) is 1. The van der Waals surface area contributed by atoms with Gasteiger partial charge < -0.3 is 25.0 Å². The first kappa shape index (κ1) is 23.3. The van der Waals surface area contributed by atoms with E-state index < -0.39 is 5.60 Å². The lowest BCUT2D eigenvalue weighted by Gasteiger charge is -2.58. The number of piperazine rings is 1. The van der Waals surface area contributed by atoms with Gasteiger partial charge in [-0.2, -0.15) is 0 Å². The van der Waals surface area contributed by atoms with Gasteiger partial charge in [0.05, 0.1) is 5.60 Å². The summed E-state index contributed by atoms with van der Waals surface area (Å²) in [7, 11) is 0. The zero-order chi connectivity index (χ0) is 24.0. The third-order valence-electron chi connectivity index (χ3n) is 8.47. The van der Waals surface area contributed by atoms with Gasteiger partial charge in [-0.1, -0.05) is 6.07 Å². The number of hydrogen-bond acceptors (Lipinski definition) is 6. The number of ketones is 1. The second-order valence-electron chi connectivity index (χ2n) is 11.2. The average molecular weight is 469 g/mol. The maximum atomic E-state index is 13.2. The van der Waals surface area contributed by atoms with E-state index in [1.165, 1.54) is 6.92 Å². The van der Waals surface area contributed by atoms with Crippen molar-refractivity contribution in [2.24, 2.45) is 17.8 Å². The highest BCUT2D eigenvalue weighted by Crippen LogP contribution is 2.55. The molecular formula is C26H36N4O4. The van der Waals surface area contributed by atoms with Crippen LogP contribution >= 0.6 is 0 Å². The van der Waals surface area contributed by atoms with Crippen LogP contribution in [0.2, 0.25) is 0 Å². The van der Waals surface area contributed by atoms with Crippen molar-refractivity contribution in [2.45, 2.75) is 76.5 Å². The highest BCUT2D eigenvalue weighted by molar-refractivity contribution is 5.93. The van der Waals surface area contributed by atoms with E-state index in [0.29, 0.717) is 43.1 Å². The number of carbonyl (C=O) groups excluding carboxylic acids is 3. The molecule has 4 bridgehead atoms. The van der Waals surface area contributed by atoms with Gasteiger partial charge in [-0.15, -0.1) is 0 Å². The van der Waals surface area contributed by atoms with Crippen molar-refractivity contribution in [3.05, 3.63) is 23.9 Å². The molecule has 8 nitrogen and oxygen atoms in total. The molecule has 1 aromatic rings. The summed E-state index contributed by atoms with van der Waals surface area (Å²) in [6.07, 6.45) is 5.27. The summed E-state index contributed by atoms with van der Waals surface area (Å²) >= 11 is 0. The zero-order valence-electron chi connectivity index (χ0n) is 20.2. The molecule has 2 heterocycles. The molecule has 3 atom stereocenters. The summed E-state index contributed by atoms with van der Waals surface area (Å²) < 4.78 is 0. The van der Waals surface area contributed by atoms with Gasteiger partial charge in [0.2, 0.25) is 5.91 Å². The van der Waals surface area contributed by atoms with Gasteiger partial charge in [-0.25, -0.2) is 4.98 Å². The van der Waals surface area contributed by atoms with Crippen LogP contribution in [0.1, 0.15) is 69.3 Å². The molecule has 1 saturated heterocycles. The number of nitrogens with zero attached hydrogens (tertiary/aromatic N) is 3. The van der Waals surface area contributed by atoms with Gasteiger partial charge in [0, 0.05) is 44.6 Å². The van der Waals surface area contributed by atoms with Crippen molar-refractivity contribution in [2.75, 3.05) is 24.5 Å². The third kappa shape index (κ3) is 4.57. The zero-order valence-corrected chi connectivity index (χ0v) is 20.2. The third-order valence-corrected chi connectivity index (χ3v) is 8.47. The monoisotopic (exact) mass is 468 g/mol. The summed E-state index contributed by atoms with van der Waals surface area (Å²) in [6.45, 7) is 5.35. The summed E-state index contributed by atoms with van der Waals surface area (Å²) in [5.74, 6) is 1.97. The van der Waals surface area contributed by atoms with Crippen molar-refractivity contribution >= 4 is 23.4 Å². The Labute approximate surface area is 201 Å². The smallest absolute Gasteiger partial charge is 0.270 e. The maximum Gasteiger partial charge on any atom is 0.270 e. The summed E-state index contributed by atoms with van der Waals surface area (Å²) in [4.78, 5) is 45.4. The Hall–Kier alpha value is -2.48. The van der Waals surface area contributed by atoms with Crippen molar-refractivity contribution in [3.8, 4) is 0 Å². The van der Waals surface area contributed by atoms with E-state index in [1.807, 2.05) is 17.0 Å². The fraction of sp³-hybridized carbons (Fsp3) is 0.692. The van der Waals surface area contributed by atoms with Gasteiger partial charge in [0.1, 0.15) is 17.3 Å². The normalized spacial score (nSPS) is 34.3. The van der Waals surface area contributed by atoms with E-state index in [1.54, 1.807) is 6.07 Å². The Morgan fingerprint density at radius 2 is 1.85 bits per heavy atom. The first-order chi connectivity index (χ1) is 16.2. The predicted octanol–water partition coefficient (Wildman–Crippen LogP) is 2.16. The Bertz CT molecular complexity index is 965. The molecule has 1 aliphatic heterocycles. The molecule has 34 heavy (non-hydrogen) atoms. The first-order valence-corrected chi connectivity index (χ1v) is 12.7. The lowest BCUT2D eigenvalue weighted by molar-refractivity contribution is -0.137. The molecule has 8 heteroatoms. The highest BCUT2D eigenvalue weighted by atomic mass is 16.3. The molecule has 2 N–H and O–H groups in total. The Kier molecular flexibility index (Phi) is 6.12. The molecule has 0 radical (unpaired) electrons. The van der Waals surface area contributed by atoms with Crippen LogP contribution in [0.25, 0.3) is 0 Å². The van der Waals surface area contributed by atoms with Crippen molar-refractivity contribution in [1.29, 1.82) is 0 Å². The highest BCUT2D eigenvalue weighted by Gasteiger charge is 2.55. The molecule has 4 saturated carbocycles. The molecule has 184 valence electrons. The quantitative estimate of drug-likeness (QED) is 0.663. The van der Waals surface area contributed by atoms with Crippen LogP contribution in [0.15, 0.2) is 18.2 Å². The molecule has 0 spiro atoms. The number of amides is 2. The van der Waals surface area contributed by atoms with Gasteiger partial charge in [0.25, 0.3) is 5.91 Å². The largest absolute Gasteiger partial charge is 0.390 e. The maximum absolute atomic E-state index is 13.2. The molecule has 6 rings (SSSR count). The molecule has 0 aromatic carbocycles. The van der Waals surface area contributed by atoms with E-state index >= 15 is 0 Å². The summed E-state index contributed by atoms with van der Waals surface area (Å²) in [5.41, 5.74) is -0.0982. The van der Waals surface area contributed by atoms with Gasteiger partial charge in [-0.3, -0.25) is 9.59 Å². The SMILES string of the molecule is CC(=O)CCC(=O)N1CCN(c2cccc(C(=O)NC3C4CC5CC3CC(O)(C5)C4)n2)[C@H](C)C1. The summed E-state index contributed by atoms with van der Waals surface area (Å²) in [5, 5.41) is 14.1. The van der Waals surface area contributed by atoms with Gasteiger partial charge >= 0.3 is 0 Å². The second kappa shape index (κ2) is 8.95.